The lowest BCUT2D eigenvalue weighted by Gasteiger charge is -2.03. The van der Waals surface area contributed by atoms with Crippen LogP contribution in [0.25, 0.3) is 10.6 Å². The van der Waals surface area contributed by atoms with Crippen LogP contribution in [0.15, 0.2) is 28.1 Å². The van der Waals surface area contributed by atoms with Gasteiger partial charge in [-0.05, 0) is 24.6 Å². The molecule has 0 radical (unpaired) electrons. The molecule has 1 nitrogen and oxygen atoms in total. The van der Waals surface area contributed by atoms with Crippen molar-refractivity contribution in [2.75, 3.05) is 0 Å². The molecule has 0 atom stereocenters. The van der Waals surface area contributed by atoms with Crippen LogP contribution < -0.4 is 0 Å². The van der Waals surface area contributed by atoms with E-state index in [0.717, 1.165) is 32.3 Å². The number of hydrogen-bond donors (Lipinski definition) is 0. The third-order valence-electron chi connectivity index (χ3n) is 2.22. The Balaban J connectivity index is 2.47. The van der Waals surface area contributed by atoms with E-state index < -0.39 is 11.9 Å². The third-order valence-corrected chi connectivity index (χ3v) is 3.59. The van der Waals surface area contributed by atoms with Crippen molar-refractivity contribution in [1.29, 1.82) is 0 Å². The van der Waals surface area contributed by atoms with Gasteiger partial charge in [0.2, 0.25) is 0 Å². The molecular formula is C11H7BrF3NS. The largest absolute Gasteiger partial charge is 0.434 e. The Hall–Kier alpha value is -0.880. The summed E-state index contributed by atoms with van der Waals surface area (Å²) in [5, 5.41) is 1.42. The number of thiazole rings is 1. The van der Waals surface area contributed by atoms with E-state index in [-0.39, 0.29) is 0 Å². The van der Waals surface area contributed by atoms with Crippen LogP contribution in [-0.2, 0) is 6.18 Å². The fraction of sp³-hybridized carbons (Fsp3) is 0.182. The number of hydrogen-bond acceptors (Lipinski definition) is 2. The molecule has 0 N–H and O–H groups in total. The van der Waals surface area contributed by atoms with Crippen LogP contribution in [0.2, 0.25) is 0 Å². The Morgan fingerprint density at radius 2 is 2.00 bits per heavy atom. The minimum absolute atomic E-state index is 0.385. The molecule has 17 heavy (non-hydrogen) atoms. The van der Waals surface area contributed by atoms with E-state index in [1.165, 1.54) is 0 Å². The minimum atomic E-state index is -4.38. The lowest BCUT2D eigenvalue weighted by Crippen LogP contribution is -2.04. The van der Waals surface area contributed by atoms with Gasteiger partial charge >= 0.3 is 6.18 Å². The quantitative estimate of drug-likeness (QED) is 0.728. The molecule has 0 fully saturated rings. The highest BCUT2D eigenvalue weighted by Crippen LogP contribution is 2.35. The highest BCUT2D eigenvalue weighted by Gasteiger charge is 2.33. The second-order valence-electron chi connectivity index (χ2n) is 3.49. The highest BCUT2D eigenvalue weighted by molar-refractivity contribution is 9.10. The van der Waals surface area contributed by atoms with E-state index in [2.05, 4.69) is 20.9 Å². The Morgan fingerprint density at radius 3 is 2.59 bits per heavy atom. The maximum atomic E-state index is 12.4. The summed E-state index contributed by atoms with van der Waals surface area (Å²) in [5.41, 5.74) is 0.785. The van der Waals surface area contributed by atoms with Gasteiger partial charge in [-0.15, -0.1) is 11.3 Å². The van der Waals surface area contributed by atoms with Gasteiger partial charge < -0.3 is 0 Å². The molecular weight excluding hydrogens is 315 g/mol. The second kappa shape index (κ2) is 4.42. The van der Waals surface area contributed by atoms with E-state index in [9.17, 15) is 13.2 Å². The number of benzene rings is 1. The molecule has 1 aromatic heterocycles. The molecule has 0 aliphatic rings. The Bertz CT molecular complexity index is 548. The van der Waals surface area contributed by atoms with Gasteiger partial charge in [-0.25, -0.2) is 4.98 Å². The molecule has 0 amide bonds. The average Bonchev–Trinajstić information content (AvgIpc) is 2.70. The molecule has 1 heterocycles. The first-order valence-corrected chi connectivity index (χ1v) is 6.34. The first-order valence-electron chi connectivity index (χ1n) is 4.67. The number of nitrogens with zero attached hydrogens (tertiary/aromatic N) is 1. The maximum absolute atomic E-state index is 12.4. The summed E-state index contributed by atoms with van der Waals surface area (Å²) < 4.78 is 38.1. The summed E-state index contributed by atoms with van der Waals surface area (Å²) in [6, 6.07) is 5.46. The van der Waals surface area contributed by atoms with Crippen molar-refractivity contribution in [3.63, 3.8) is 0 Å². The molecule has 0 unspecified atom stereocenters. The SMILES string of the molecule is Cc1ccc(Br)cc1-c1nc(C(F)(F)F)cs1. The van der Waals surface area contributed by atoms with Gasteiger partial charge in [0.25, 0.3) is 0 Å². The fourth-order valence-electron chi connectivity index (χ4n) is 1.35. The number of aryl methyl sites for hydroxylation is 1. The predicted molar refractivity (Wildman–Crippen MR) is 65.0 cm³/mol. The predicted octanol–water partition coefficient (Wildman–Crippen LogP) is 4.90. The van der Waals surface area contributed by atoms with Crippen molar-refractivity contribution in [3.8, 4) is 10.6 Å². The summed E-state index contributed by atoms with van der Waals surface area (Å²) >= 11 is 4.29. The van der Waals surface area contributed by atoms with E-state index >= 15 is 0 Å². The molecule has 0 spiro atoms. The van der Waals surface area contributed by atoms with Crippen LogP contribution in [0.4, 0.5) is 13.2 Å². The number of alkyl halides is 3. The van der Waals surface area contributed by atoms with E-state index in [0.29, 0.717) is 5.01 Å². The van der Waals surface area contributed by atoms with Crippen molar-refractivity contribution in [2.24, 2.45) is 0 Å². The first kappa shape index (κ1) is 12.6. The van der Waals surface area contributed by atoms with Gasteiger partial charge in [-0.1, -0.05) is 22.0 Å². The van der Waals surface area contributed by atoms with Gasteiger partial charge in [0.1, 0.15) is 5.01 Å². The zero-order valence-corrected chi connectivity index (χ0v) is 11.1. The van der Waals surface area contributed by atoms with Crippen molar-refractivity contribution in [3.05, 3.63) is 39.3 Å². The Labute approximate surface area is 108 Å². The minimum Gasteiger partial charge on any atom is -0.232 e. The summed E-state index contributed by atoms with van der Waals surface area (Å²) in [7, 11) is 0. The van der Waals surface area contributed by atoms with Gasteiger partial charge in [0, 0.05) is 15.4 Å². The molecule has 0 saturated carbocycles. The maximum Gasteiger partial charge on any atom is 0.434 e. The summed E-state index contributed by atoms with van der Waals surface area (Å²) in [6.07, 6.45) is -4.38. The average molecular weight is 322 g/mol. The molecule has 0 saturated heterocycles. The van der Waals surface area contributed by atoms with Gasteiger partial charge in [0.15, 0.2) is 5.69 Å². The van der Waals surface area contributed by atoms with E-state index in [1.807, 2.05) is 19.1 Å². The molecule has 2 rings (SSSR count). The van der Waals surface area contributed by atoms with Crippen LogP contribution >= 0.6 is 27.3 Å². The molecule has 1 aromatic carbocycles. The van der Waals surface area contributed by atoms with Crippen LogP contribution in [0.3, 0.4) is 0 Å². The van der Waals surface area contributed by atoms with E-state index in [1.54, 1.807) is 6.07 Å². The van der Waals surface area contributed by atoms with Crippen molar-refractivity contribution in [2.45, 2.75) is 13.1 Å². The van der Waals surface area contributed by atoms with Crippen LogP contribution in [0.5, 0.6) is 0 Å². The lowest BCUT2D eigenvalue weighted by molar-refractivity contribution is -0.140. The van der Waals surface area contributed by atoms with Crippen LogP contribution in [0, 0.1) is 6.92 Å². The molecule has 0 aliphatic heterocycles. The zero-order chi connectivity index (χ0) is 12.6. The van der Waals surface area contributed by atoms with Gasteiger partial charge in [-0.3, -0.25) is 0 Å². The lowest BCUT2D eigenvalue weighted by atomic mass is 10.1. The van der Waals surface area contributed by atoms with Crippen molar-refractivity contribution < 1.29 is 13.2 Å². The van der Waals surface area contributed by atoms with Gasteiger partial charge in [0.05, 0.1) is 0 Å². The molecule has 6 heteroatoms. The topological polar surface area (TPSA) is 12.9 Å². The molecule has 0 bridgehead atoms. The monoisotopic (exact) mass is 321 g/mol. The van der Waals surface area contributed by atoms with Crippen LogP contribution in [0.1, 0.15) is 11.3 Å². The fourth-order valence-corrected chi connectivity index (χ4v) is 2.62. The number of aromatic nitrogens is 1. The first-order chi connectivity index (χ1) is 7.88. The van der Waals surface area contributed by atoms with Gasteiger partial charge in [-0.2, -0.15) is 13.2 Å². The third kappa shape index (κ3) is 2.69. The zero-order valence-electron chi connectivity index (χ0n) is 8.68. The van der Waals surface area contributed by atoms with Crippen molar-refractivity contribution >= 4 is 27.3 Å². The smallest absolute Gasteiger partial charge is 0.232 e. The summed E-state index contributed by atoms with van der Waals surface area (Å²) in [4.78, 5) is 3.63. The normalized spacial score (nSPS) is 11.8. The molecule has 90 valence electrons. The molecule has 2 aromatic rings. The highest BCUT2D eigenvalue weighted by atomic mass is 79.9. The second-order valence-corrected chi connectivity index (χ2v) is 5.27. The Morgan fingerprint density at radius 1 is 1.29 bits per heavy atom. The summed E-state index contributed by atoms with van der Waals surface area (Å²) in [6.45, 7) is 1.84. The number of halogens is 4. The number of rotatable bonds is 1. The Kier molecular flexibility index (Phi) is 3.27. The van der Waals surface area contributed by atoms with Crippen molar-refractivity contribution in [1.82, 2.24) is 4.98 Å². The van der Waals surface area contributed by atoms with Crippen LogP contribution in [-0.4, -0.2) is 4.98 Å². The summed E-state index contributed by atoms with van der Waals surface area (Å²) in [5.74, 6) is 0. The standard InChI is InChI=1S/C11H7BrF3NS/c1-6-2-3-7(12)4-8(6)10-16-9(5-17-10)11(13,14)15/h2-5H,1H3. The van der Waals surface area contributed by atoms with E-state index in [4.69, 9.17) is 0 Å². The molecule has 0 aliphatic carbocycles.